The maximum atomic E-state index is 12.2. The molecule has 27 heavy (non-hydrogen) atoms. The second-order valence-electron chi connectivity index (χ2n) is 6.59. The Morgan fingerprint density at radius 3 is 2.70 bits per heavy atom. The van der Waals surface area contributed by atoms with Crippen molar-refractivity contribution in [2.45, 2.75) is 38.4 Å². The van der Waals surface area contributed by atoms with Crippen LogP contribution in [0.15, 0.2) is 42.1 Å². The first-order valence-electron chi connectivity index (χ1n) is 9.13. The van der Waals surface area contributed by atoms with E-state index in [1.807, 2.05) is 6.26 Å². The summed E-state index contributed by atoms with van der Waals surface area (Å²) in [7, 11) is 0. The first kappa shape index (κ1) is 21.0. The van der Waals surface area contributed by atoms with Gasteiger partial charge in [-0.25, -0.2) is 0 Å². The van der Waals surface area contributed by atoms with Crippen molar-refractivity contribution in [1.82, 2.24) is 20.1 Å². The van der Waals surface area contributed by atoms with Crippen molar-refractivity contribution >= 4 is 17.7 Å². The maximum absolute atomic E-state index is 12.2. The number of carbonyl (C=O) groups is 1. The fourth-order valence-electron chi connectivity index (χ4n) is 2.61. The molecule has 146 valence electrons. The van der Waals surface area contributed by atoms with Crippen molar-refractivity contribution in [3.8, 4) is 5.75 Å². The van der Waals surface area contributed by atoms with Gasteiger partial charge in [0.2, 0.25) is 0 Å². The van der Waals surface area contributed by atoms with E-state index >= 15 is 0 Å². The fourth-order valence-corrected chi connectivity index (χ4v) is 3.13. The molecule has 6 nitrogen and oxygen atoms in total. The van der Waals surface area contributed by atoms with Gasteiger partial charge in [-0.05, 0) is 42.9 Å². The van der Waals surface area contributed by atoms with Crippen LogP contribution in [0.3, 0.4) is 0 Å². The number of ether oxygens (including phenoxy) is 1. The summed E-state index contributed by atoms with van der Waals surface area (Å²) in [5.74, 6) is 2.15. The molecule has 0 saturated carbocycles. The molecule has 1 N–H and O–H groups in total. The number of rotatable bonds is 11. The summed E-state index contributed by atoms with van der Waals surface area (Å²) in [5.41, 5.74) is 0.619. The minimum atomic E-state index is -0.0845. The summed E-state index contributed by atoms with van der Waals surface area (Å²) in [6.07, 6.45) is 5.30. The zero-order valence-electron chi connectivity index (χ0n) is 16.3. The minimum absolute atomic E-state index is 0.0845. The zero-order valence-corrected chi connectivity index (χ0v) is 17.1. The molecular formula is C20H28N4O2S. The largest absolute Gasteiger partial charge is 0.490 e. The fraction of sp³-hybridized carbons (Fsp3) is 0.450. The molecule has 0 spiro atoms. The Bertz CT molecular complexity index is 741. The van der Waals surface area contributed by atoms with Gasteiger partial charge in [0.25, 0.3) is 5.91 Å². The van der Waals surface area contributed by atoms with E-state index in [1.54, 1.807) is 42.1 Å². The van der Waals surface area contributed by atoms with E-state index in [9.17, 15) is 4.79 Å². The molecule has 1 aromatic heterocycles. The number of amides is 1. The van der Waals surface area contributed by atoms with Gasteiger partial charge in [-0.15, -0.1) is 10.2 Å². The molecule has 1 heterocycles. The van der Waals surface area contributed by atoms with Gasteiger partial charge < -0.3 is 14.6 Å². The molecule has 1 amide bonds. The molecule has 0 fully saturated rings. The van der Waals surface area contributed by atoms with Gasteiger partial charge in [-0.1, -0.05) is 38.3 Å². The molecule has 0 unspecified atom stereocenters. The first-order chi connectivity index (χ1) is 13.0. The molecule has 0 saturated heterocycles. The van der Waals surface area contributed by atoms with E-state index in [0.717, 1.165) is 36.1 Å². The van der Waals surface area contributed by atoms with Crippen LogP contribution >= 0.6 is 11.8 Å². The highest BCUT2D eigenvalue weighted by atomic mass is 32.2. The van der Waals surface area contributed by atoms with Crippen LogP contribution in [0.25, 0.3) is 0 Å². The molecule has 0 aliphatic heterocycles. The molecule has 0 aliphatic carbocycles. The number of aryl methyl sites for hydroxylation is 1. The standard InChI is InChI=1S/C20H28N4O2S/c1-5-13-26-17-10-8-16(9-11-17)19(25)21-12-6-7-18-22-23-20(27-4)24(18)14-15(2)3/h5,8-11,15H,1,6-7,12-14H2,2-4H3,(H,21,25). The van der Waals surface area contributed by atoms with Crippen LogP contribution in [0.5, 0.6) is 5.75 Å². The highest BCUT2D eigenvalue weighted by Gasteiger charge is 2.12. The lowest BCUT2D eigenvalue weighted by Gasteiger charge is -2.12. The molecule has 7 heteroatoms. The molecule has 0 radical (unpaired) electrons. The number of aromatic nitrogens is 3. The lowest BCUT2D eigenvalue weighted by atomic mass is 10.2. The zero-order chi connectivity index (χ0) is 19.6. The lowest BCUT2D eigenvalue weighted by molar-refractivity contribution is 0.0953. The van der Waals surface area contributed by atoms with Gasteiger partial charge in [0.15, 0.2) is 5.16 Å². The number of carbonyl (C=O) groups excluding carboxylic acids is 1. The van der Waals surface area contributed by atoms with Crippen molar-refractivity contribution in [2.24, 2.45) is 5.92 Å². The predicted octanol–water partition coefficient (Wildman–Crippen LogP) is 3.58. The van der Waals surface area contributed by atoms with Gasteiger partial charge in [0.1, 0.15) is 18.2 Å². The number of benzene rings is 1. The smallest absolute Gasteiger partial charge is 0.251 e. The van der Waals surface area contributed by atoms with Crippen LogP contribution < -0.4 is 10.1 Å². The molecule has 0 bridgehead atoms. The predicted molar refractivity (Wildman–Crippen MR) is 109 cm³/mol. The van der Waals surface area contributed by atoms with Gasteiger partial charge in [0, 0.05) is 25.1 Å². The van der Waals surface area contributed by atoms with Crippen molar-refractivity contribution < 1.29 is 9.53 Å². The number of nitrogens with zero attached hydrogens (tertiary/aromatic N) is 3. The molecule has 0 atom stereocenters. The Balaban J connectivity index is 1.82. The number of hydrogen-bond donors (Lipinski definition) is 1. The Labute approximate surface area is 165 Å². The van der Waals surface area contributed by atoms with Crippen molar-refractivity contribution in [1.29, 1.82) is 0 Å². The lowest BCUT2D eigenvalue weighted by Crippen LogP contribution is -2.25. The second-order valence-corrected chi connectivity index (χ2v) is 7.36. The van der Waals surface area contributed by atoms with Crippen molar-refractivity contribution in [3.05, 3.63) is 48.3 Å². The van der Waals surface area contributed by atoms with E-state index in [0.29, 0.717) is 24.6 Å². The van der Waals surface area contributed by atoms with Crippen LogP contribution in [0, 0.1) is 5.92 Å². The summed E-state index contributed by atoms with van der Waals surface area (Å²) in [4.78, 5) is 12.2. The summed E-state index contributed by atoms with van der Waals surface area (Å²) in [5, 5.41) is 12.5. The van der Waals surface area contributed by atoms with E-state index < -0.39 is 0 Å². The molecule has 0 aliphatic rings. The summed E-state index contributed by atoms with van der Waals surface area (Å²) in [6.45, 7) is 9.93. The average Bonchev–Trinajstić information content (AvgIpc) is 3.04. The van der Waals surface area contributed by atoms with Gasteiger partial charge >= 0.3 is 0 Å². The van der Waals surface area contributed by atoms with E-state index in [1.165, 1.54) is 0 Å². The highest BCUT2D eigenvalue weighted by Crippen LogP contribution is 2.17. The normalized spacial score (nSPS) is 10.8. The average molecular weight is 389 g/mol. The minimum Gasteiger partial charge on any atom is -0.490 e. The molecule has 2 aromatic rings. The SMILES string of the molecule is C=CCOc1ccc(C(=O)NCCCc2nnc(SC)n2CC(C)C)cc1. The summed E-state index contributed by atoms with van der Waals surface area (Å²) in [6, 6.07) is 7.10. The summed E-state index contributed by atoms with van der Waals surface area (Å²) >= 11 is 1.61. The van der Waals surface area contributed by atoms with Crippen molar-refractivity contribution in [3.63, 3.8) is 0 Å². The van der Waals surface area contributed by atoms with Crippen molar-refractivity contribution in [2.75, 3.05) is 19.4 Å². The van der Waals surface area contributed by atoms with Crippen LogP contribution in [0.1, 0.15) is 36.5 Å². The van der Waals surface area contributed by atoms with E-state index in [2.05, 4.69) is 40.5 Å². The van der Waals surface area contributed by atoms with Crippen LogP contribution in [0.2, 0.25) is 0 Å². The highest BCUT2D eigenvalue weighted by molar-refractivity contribution is 7.98. The molecule has 2 rings (SSSR count). The molecular weight excluding hydrogens is 360 g/mol. The Hall–Kier alpha value is -2.28. The third kappa shape index (κ3) is 6.43. The quantitative estimate of drug-likeness (QED) is 0.362. The van der Waals surface area contributed by atoms with Gasteiger partial charge in [-0.2, -0.15) is 0 Å². The monoisotopic (exact) mass is 388 g/mol. The van der Waals surface area contributed by atoms with Crippen LogP contribution in [-0.4, -0.2) is 40.1 Å². The molecule has 1 aromatic carbocycles. The van der Waals surface area contributed by atoms with Gasteiger partial charge in [-0.3, -0.25) is 4.79 Å². The Kier molecular flexibility index (Phi) is 8.39. The van der Waals surface area contributed by atoms with Gasteiger partial charge in [0.05, 0.1) is 0 Å². The topological polar surface area (TPSA) is 69.0 Å². The third-order valence-corrected chi connectivity index (χ3v) is 4.54. The number of thioether (sulfide) groups is 1. The Morgan fingerprint density at radius 2 is 2.07 bits per heavy atom. The van der Waals surface area contributed by atoms with Crippen LogP contribution in [-0.2, 0) is 13.0 Å². The van der Waals surface area contributed by atoms with E-state index in [-0.39, 0.29) is 5.91 Å². The first-order valence-corrected chi connectivity index (χ1v) is 10.4. The number of hydrogen-bond acceptors (Lipinski definition) is 5. The number of nitrogens with one attached hydrogen (secondary N) is 1. The maximum Gasteiger partial charge on any atom is 0.251 e. The van der Waals surface area contributed by atoms with E-state index in [4.69, 9.17) is 4.74 Å². The third-order valence-electron chi connectivity index (χ3n) is 3.87. The Morgan fingerprint density at radius 1 is 1.33 bits per heavy atom. The summed E-state index contributed by atoms with van der Waals surface area (Å²) < 4.78 is 7.60. The second kappa shape index (κ2) is 10.8. The van der Waals surface area contributed by atoms with Crippen LogP contribution in [0.4, 0.5) is 0 Å².